The molecule has 160 valence electrons. The first-order valence-electron chi connectivity index (χ1n) is 9.68. The van der Waals surface area contributed by atoms with Crippen molar-refractivity contribution in [2.75, 3.05) is 30.9 Å². The van der Waals surface area contributed by atoms with E-state index in [0.717, 1.165) is 25.7 Å². The highest BCUT2D eigenvalue weighted by molar-refractivity contribution is 5.91. The van der Waals surface area contributed by atoms with Gasteiger partial charge in [-0.05, 0) is 44.6 Å². The van der Waals surface area contributed by atoms with Crippen molar-refractivity contribution in [3.63, 3.8) is 0 Å². The summed E-state index contributed by atoms with van der Waals surface area (Å²) in [6.45, 7) is 3.21. The molecule has 2 aromatic rings. The van der Waals surface area contributed by atoms with Crippen LogP contribution in [0.2, 0.25) is 0 Å². The lowest BCUT2D eigenvalue weighted by Crippen LogP contribution is -2.45. The van der Waals surface area contributed by atoms with Crippen molar-refractivity contribution in [1.29, 1.82) is 0 Å². The Morgan fingerprint density at radius 3 is 2.55 bits per heavy atom. The molecule has 0 amide bonds. The number of hydrogen-bond donors (Lipinski definition) is 2. The molecular formula is C19H27ClFN5O3. The van der Waals surface area contributed by atoms with Gasteiger partial charge >= 0.3 is 5.69 Å². The van der Waals surface area contributed by atoms with Crippen molar-refractivity contribution in [3.05, 3.63) is 32.7 Å². The van der Waals surface area contributed by atoms with Crippen LogP contribution in [0, 0.1) is 11.7 Å². The number of aromatic nitrogens is 2. The van der Waals surface area contributed by atoms with E-state index < -0.39 is 17.1 Å². The normalized spacial score (nSPS) is 20.4. The Balaban J connectivity index is 0.00000240. The standard InChI is InChI=1S/C19H26FN5O3.ClH/c1-10(21)11-4-3-7-23(9-11)16-14(20)8-13-15(17(16)28-2)24(12-5-6-12)19(27)25(22)18(13)26;/h8,10-12H,3-7,9,21-22H2,1-2H3;1H. The van der Waals surface area contributed by atoms with Gasteiger partial charge in [-0.2, -0.15) is 4.68 Å². The average Bonchev–Trinajstić information content (AvgIpc) is 3.51. The van der Waals surface area contributed by atoms with Gasteiger partial charge in [-0.15, -0.1) is 12.4 Å². The van der Waals surface area contributed by atoms with Gasteiger partial charge in [0.1, 0.15) is 11.2 Å². The molecule has 4 N–H and O–H groups in total. The number of nitrogens with two attached hydrogens (primary N) is 2. The predicted octanol–water partition coefficient (Wildman–Crippen LogP) is 1.34. The van der Waals surface area contributed by atoms with E-state index in [0.29, 0.717) is 23.3 Å². The first kappa shape index (κ1) is 21.4. The predicted molar refractivity (Wildman–Crippen MR) is 113 cm³/mol. The third kappa shape index (κ3) is 3.46. The molecule has 2 heterocycles. The summed E-state index contributed by atoms with van der Waals surface area (Å²) in [6, 6.07) is 1.11. The summed E-state index contributed by atoms with van der Waals surface area (Å²) < 4.78 is 22.8. The van der Waals surface area contributed by atoms with Crippen molar-refractivity contribution >= 4 is 29.0 Å². The van der Waals surface area contributed by atoms with Gasteiger partial charge in [0.2, 0.25) is 0 Å². The molecular weight excluding hydrogens is 401 g/mol. The van der Waals surface area contributed by atoms with Crippen LogP contribution in [0.25, 0.3) is 10.9 Å². The Bertz CT molecular complexity index is 1050. The van der Waals surface area contributed by atoms with E-state index in [1.54, 1.807) is 0 Å². The highest BCUT2D eigenvalue weighted by atomic mass is 35.5. The van der Waals surface area contributed by atoms with Crippen molar-refractivity contribution in [2.45, 2.75) is 44.7 Å². The molecule has 2 fully saturated rings. The first-order chi connectivity index (χ1) is 13.3. The molecule has 1 aromatic heterocycles. The number of benzene rings is 1. The molecule has 1 saturated carbocycles. The summed E-state index contributed by atoms with van der Waals surface area (Å²) in [5.74, 6) is 5.55. The number of ether oxygens (including phenoxy) is 1. The molecule has 8 nitrogen and oxygen atoms in total. The van der Waals surface area contributed by atoms with Crippen LogP contribution < -0.4 is 32.5 Å². The number of anilines is 1. The Kier molecular flexibility index (Phi) is 5.82. The van der Waals surface area contributed by atoms with Crippen LogP contribution in [-0.2, 0) is 0 Å². The Hall–Kier alpha value is -2.26. The van der Waals surface area contributed by atoms with Gasteiger partial charge in [0.05, 0.1) is 12.5 Å². The molecule has 0 radical (unpaired) electrons. The van der Waals surface area contributed by atoms with Crippen LogP contribution in [0.4, 0.5) is 10.1 Å². The van der Waals surface area contributed by atoms with Gasteiger partial charge in [0, 0.05) is 25.2 Å². The zero-order valence-corrected chi connectivity index (χ0v) is 17.4. The van der Waals surface area contributed by atoms with E-state index >= 15 is 4.39 Å². The number of nitrogens with zero attached hydrogens (tertiary/aromatic N) is 3. The maximum absolute atomic E-state index is 15.2. The van der Waals surface area contributed by atoms with Gasteiger partial charge in [-0.3, -0.25) is 9.36 Å². The lowest BCUT2D eigenvalue weighted by Gasteiger charge is -2.37. The van der Waals surface area contributed by atoms with E-state index in [4.69, 9.17) is 16.3 Å². The quantitative estimate of drug-likeness (QED) is 0.713. The first-order valence-corrected chi connectivity index (χ1v) is 9.68. The highest BCUT2D eigenvalue weighted by Gasteiger charge is 2.33. The van der Waals surface area contributed by atoms with Crippen LogP contribution >= 0.6 is 12.4 Å². The molecule has 2 aliphatic rings. The van der Waals surface area contributed by atoms with Crippen LogP contribution in [0.5, 0.6) is 5.75 Å². The summed E-state index contributed by atoms with van der Waals surface area (Å²) in [5, 5.41) is 0.0489. The highest BCUT2D eigenvalue weighted by Crippen LogP contribution is 2.43. The van der Waals surface area contributed by atoms with Crippen molar-refractivity contribution in [3.8, 4) is 5.75 Å². The molecule has 0 spiro atoms. The summed E-state index contributed by atoms with van der Waals surface area (Å²) in [4.78, 5) is 27.2. The molecule has 2 atom stereocenters. The Labute approximate surface area is 173 Å². The summed E-state index contributed by atoms with van der Waals surface area (Å²) >= 11 is 0. The zero-order valence-electron chi connectivity index (χ0n) is 16.6. The second-order valence-corrected chi connectivity index (χ2v) is 7.90. The number of fused-ring (bicyclic) bond motifs is 1. The van der Waals surface area contributed by atoms with Crippen molar-refractivity contribution in [1.82, 2.24) is 9.24 Å². The number of rotatable bonds is 4. The lowest BCUT2D eigenvalue weighted by atomic mass is 9.91. The number of piperidine rings is 1. The number of nitrogen functional groups attached to an aromatic ring is 1. The van der Waals surface area contributed by atoms with E-state index in [-0.39, 0.29) is 47.2 Å². The molecule has 2 unspecified atom stereocenters. The SMILES string of the molecule is COc1c(N2CCCC(C(C)N)C2)c(F)cc2c(=O)n(N)c(=O)n(C3CC3)c12.Cl. The third-order valence-corrected chi connectivity index (χ3v) is 5.92. The van der Waals surface area contributed by atoms with E-state index in [1.165, 1.54) is 17.7 Å². The summed E-state index contributed by atoms with van der Waals surface area (Å²) in [7, 11) is 1.43. The second-order valence-electron chi connectivity index (χ2n) is 7.90. The second kappa shape index (κ2) is 7.87. The smallest absolute Gasteiger partial charge is 0.350 e. The van der Waals surface area contributed by atoms with Gasteiger partial charge in [-0.25, -0.2) is 9.18 Å². The minimum absolute atomic E-state index is 0. The van der Waals surface area contributed by atoms with Crippen molar-refractivity contribution < 1.29 is 9.13 Å². The van der Waals surface area contributed by atoms with E-state index in [2.05, 4.69) is 0 Å². The molecule has 1 aliphatic heterocycles. The van der Waals surface area contributed by atoms with Gasteiger partial charge < -0.3 is 21.2 Å². The fraction of sp³-hybridized carbons (Fsp3) is 0.579. The monoisotopic (exact) mass is 427 g/mol. The lowest BCUT2D eigenvalue weighted by molar-refractivity contribution is 0.356. The Morgan fingerprint density at radius 1 is 1.28 bits per heavy atom. The molecule has 10 heteroatoms. The maximum Gasteiger partial charge on any atom is 0.350 e. The van der Waals surface area contributed by atoms with Crippen LogP contribution in [0.1, 0.15) is 38.6 Å². The van der Waals surface area contributed by atoms with E-state index in [1.807, 2.05) is 11.8 Å². The minimum atomic E-state index is -0.729. The number of halogens is 2. The van der Waals surface area contributed by atoms with Gasteiger partial charge in [0.25, 0.3) is 5.56 Å². The largest absolute Gasteiger partial charge is 0.492 e. The molecule has 4 rings (SSSR count). The maximum atomic E-state index is 15.2. The average molecular weight is 428 g/mol. The topological polar surface area (TPSA) is 109 Å². The molecule has 1 aromatic carbocycles. The summed E-state index contributed by atoms with van der Waals surface area (Å²) in [6.07, 6.45) is 3.47. The van der Waals surface area contributed by atoms with Crippen LogP contribution in [-0.4, -0.2) is 35.5 Å². The Morgan fingerprint density at radius 2 is 1.97 bits per heavy atom. The fourth-order valence-electron chi connectivity index (χ4n) is 4.24. The van der Waals surface area contributed by atoms with Gasteiger partial charge in [-0.1, -0.05) is 0 Å². The zero-order chi connectivity index (χ0) is 20.2. The van der Waals surface area contributed by atoms with Crippen molar-refractivity contribution in [2.24, 2.45) is 11.7 Å². The summed E-state index contributed by atoms with van der Waals surface area (Å²) in [5.41, 5.74) is 5.34. The van der Waals surface area contributed by atoms with Crippen LogP contribution in [0.15, 0.2) is 15.7 Å². The molecule has 29 heavy (non-hydrogen) atoms. The van der Waals surface area contributed by atoms with Gasteiger partial charge in [0.15, 0.2) is 11.6 Å². The number of hydrogen-bond acceptors (Lipinski definition) is 6. The number of methoxy groups -OCH3 is 1. The van der Waals surface area contributed by atoms with E-state index in [9.17, 15) is 9.59 Å². The molecule has 0 bridgehead atoms. The third-order valence-electron chi connectivity index (χ3n) is 5.92. The van der Waals surface area contributed by atoms with Crippen LogP contribution in [0.3, 0.4) is 0 Å². The fourth-order valence-corrected chi connectivity index (χ4v) is 4.24. The minimum Gasteiger partial charge on any atom is -0.492 e. The molecule has 1 saturated heterocycles. The molecule has 1 aliphatic carbocycles.